The van der Waals surface area contributed by atoms with Crippen molar-refractivity contribution in [2.24, 2.45) is 0 Å². The molecule has 0 radical (unpaired) electrons. The summed E-state index contributed by atoms with van der Waals surface area (Å²) in [5.41, 5.74) is 0.441. The standard InChI is InChI=1S/C12H19NO2/c1-6-7-13(5)9-8(12(2,3)4)10(14)11(9)15/h6-7H2,1-5H3. The Morgan fingerprint density at radius 1 is 1.13 bits per heavy atom. The van der Waals surface area contributed by atoms with Crippen molar-refractivity contribution in [3.63, 3.8) is 0 Å². The van der Waals surface area contributed by atoms with E-state index in [0.717, 1.165) is 13.0 Å². The van der Waals surface area contributed by atoms with Crippen LogP contribution in [0.15, 0.2) is 9.59 Å². The molecule has 3 heteroatoms. The summed E-state index contributed by atoms with van der Waals surface area (Å²) in [5, 5.41) is 0. The van der Waals surface area contributed by atoms with Gasteiger partial charge in [0.25, 0.3) is 0 Å². The van der Waals surface area contributed by atoms with E-state index in [1.54, 1.807) is 0 Å². The third-order valence-electron chi connectivity index (χ3n) is 2.58. The van der Waals surface area contributed by atoms with Gasteiger partial charge in [-0.2, -0.15) is 0 Å². The summed E-state index contributed by atoms with van der Waals surface area (Å²) in [6.45, 7) is 8.76. The molecule has 84 valence electrons. The first-order valence-corrected chi connectivity index (χ1v) is 5.35. The number of hydrogen-bond acceptors (Lipinski definition) is 3. The second kappa shape index (κ2) is 3.80. The van der Waals surface area contributed by atoms with E-state index in [1.165, 1.54) is 0 Å². The maximum Gasteiger partial charge on any atom is 0.249 e. The number of anilines is 1. The Kier molecular flexibility index (Phi) is 3.03. The summed E-state index contributed by atoms with van der Waals surface area (Å²) in [6, 6.07) is 0. The smallest absolute Gasteiger partial charge is 0.249 e. The highest BCUT2D eigenvalue weighted by atomic mass is 16.2. The summed E-state index contributed by atoms with van der Waals surface area (Å²) < 4.78 is 0. The number of nitrogens with zero attached hydrogens (tertiary/aromatic N) is 1. The Morgan fingerprint density at radius 2 is 1.67 bits per heavy atom. The molecular formula is C12H19NO2. The Morgan fingerprint density at radius 3 is 2.07 bits per heavy atom. The van der Waals surface area contributed by atoms with Crippen molar-refractivity contribution in [1.82, 2.24) is 0 Å². The van der Waals surface area contributed by atoms with E-state index in [4.69, 9.17) is 0 Å². The molecule has 0 aliphatic carbocycles. The van der Waals surface area contributed by atoms with Gasteiger partial charge in [0.15, 0.2) is 0 Å². The minimum absolute atomic E-state index is 0.234. The second-order valence-corrected chi connectivity index (χ2v) is 5.05. The molecule has 1 aromatic carbocycles. The molecule has 0 saturated carbocycles. The van der Waals surface area contributed by atoms with Gasteiger partial charge in [0.05, 0.1) is 5.69 Å². The fourth-order valence-corrected chi connectivity index (χ4v) is 1.89. The highest BCUT2D eigenvalue weighted by Crippen LogP contribution is 2.27. The molecule has 0 bridgehead atoms. The van der Waals surface area contributed by atoms with Crippen LogP contribution in [0.25, 0.3) is 0 Å². The van der Waals surface area contributed by atoms with Crippen LogP contribution in [-0.4, -0.2) is 13.6 Å². The molecule has 0 aliphatic rings. The Bertz CT molecular complexity index is 419. The molecule has 15 heavy (non-hydrogen) atoms. The SMILES string of the molecule is CCCN(C)c1c(C(C)(C)C)c(=O)c1=O. The van der Waals surface area contributed by atoms with Crippen LogP contribution in [0.4, 0.5) is 5.69 Å². The molecule has 0 N–H and O–H groups in total. The first-order valence-electron chi connectivity index (χ1n) is 5.35. The van der Waals surface area contributed by atoms with Gasteiger partial charge in [-0.25, -0.2) is 0 Å². The normalized spacial score (nSPS) is 12.1. The lowest BCUT2D eigenvalue weighted by atomic mass is 9.82. The molecule has 0 spiro atoms. The highest BCUT2D eigenvalue weighted by Gasteiger charge is 2.31. The van der Waals surface area contributed by atoms with Crippen molar-refractivity contribution >= 4 is 5.69 Å². The average molecular weight is 209 g/mol. The van der Waals surface area contributed by atoms with Crippen LogP contribution in [-0.2, 0) is 5.41 Å². The van der Waals surface area contributed by atoms with Gasteiger partial charge in [0, 0.05) is 19.2 Å². The molecule has 3 nitrogen and oxygen atoms in total. The average Bonchev–Trinajstić information content (AvgIpc) is 2.10. The minimum Gasteiger partial charge on any atom is -0.371 e. The number of rotatable bonds is 3. The van der Waals surface area contributed by atoms with Gasteiger partial charge in [0.2, 0.25) is 10.9 Å². The molecular weight excluding hydrogens is 190 g/mol. The molecule has 0 unspecified atom stereocenters. The largest absolute Gasteiger partial charge is 0.371 e. The van der Waals surface area contributed by atoms with Gasteiger partial charge >= 0.3 is 0 Å². The van der Waals surface area contributed by atoms with E-state index in [2.05, 4.69) is 6.92 Å². The van der Waals surface area contributed by atoms with E-state index >= 15 is 0 Å². The monoisotopic (exact) mass is 209 g/mol. The van der Waals surface area contributed by atoms with E-state index in [9.17, 15) is 9.59 Å². The predicted molar refractivity (Wildman–Crippen MR) is 63.6 cm³/mol. The Labute approximate surface area is 90.4 Å². The van der Waals surface area contributed by atoms with Crippen LogP contribution >= 0.6 is 0 Å². The van der Waals surface area contributed by atoms with E-state index < -0.39 is 0 Å². The summed E-state index contributed by atoms with van der Waals surface area (Å²) in [6.07, 6.45) is 0.971. The quantitative estimate of drug-likeness (QED) is 0.707. The Balaban J connectivity index is 3.16. The highest BCUT2D eigenvalue weighted by molar-refractivity contribution is 5.60. The second-order valence-electron chi connectivity index (χ2n) is 5.05. The summed E-state index contributed by atoms with van der Waals surface area (Å²) >= 11 is 0. The van der Waals surface area contributed by atoms with Crippen molar-refractivity contribution in [2.45, 2.75) is 39.5 Å². The molecule has 1 aromatic rings. The van der Waals surface area contributed by atoms with Crippen LogP contribution in [0, 0.1) is 0 Å². The molecule has 0 amide bonds. The topological polar surface area (TPSA) is 37.4 Å². The van der Waals surface area contributed by atoms with Crippen LogP contribution in [0.3, 0.4) is 0 Å². The zero-order valence-electron chi connectivity index (χ0n) is 10.2. The fraction of sp³-hybridized carbons (Fsp3) is 0.667. The van der Waals surface area contributed by atoms with E-state index in [0.29, 0.717) is 11.3 Å². The predicted octanol–water partition coefficient (Wildman–Crippen LogP) is 1.43. The zero-order chi connectivity index (χ0) is 11.8. The summed E-state index contributed by atoms with van der Waals surface area (Å²) in [4.78, 5) is 24.9. The van der Waals surface area contributed by atoms with Crippen LogP contribution in [0.2, 0.25) is 0 Å². The van der Waals surface area contributed by atoms with Gasteiger partial charge in [0.1, 0.15) is 0 Å². The first-order chi connectivity index (χ1) is 6.80. The zero-order valence-corrected chi connectivity index (χ0v) is 10.2. The van der Waals surface area contributed by atoms with Crippen molar-refractivity contribution in [1.29, 1.82) is 0 Å². The molecule has 0 fully saturated rings. The van der Waals surface area contributed by atoms with Crippen molar-refractivity contribution in [3.8, 4) is 0 Å². The third kappa shape index (κ3) is 1.96. The van der Waals surface area contributed by atoms with Crippen LogP contribution in [0.5, 0.6) is 0 Å². The molecule has 0 saturated heterocycles. The number of hydrogen-bond donors (Lipinski definition) is 0. The summed E-state index contributed by atoms with van der Waals surface area (Å²) in [5.74, 6) is 0. The Hall–Kier alpha value is -1.12. The molecule has 1 rings (SSSR count). The van der Waals surface area contributed by atoms with Gasteiger partial charge in [-0.1, -0.05) is 27.7 Å². The fourth-order valence-electron chi connectivity index (χ4n) is 1.89. The lowest BCUT2D eigenvalue weighted by Crippen LogP contribution is -2.46. The lowest BCUT2D eigenvalue weighted by molar-refractivity contribution is 0.575. The first kappa shape index (κ1) is 12.0. The third-order valence-corrected chi connectivity index (χ3v) is 2.58. The van der Waals surface area contributed by atoms with Crippen molar-refractivity contribution in [3.05, 3.63) is 26.0 Å². The van der Waals surface area contributed by atoms with Gasteiger partial charge in [-0.05, 0) is 11.8 Å². The minimum atomic E-state index is -0.323. The van der Waals surface area contributed by atoms with Crippen molar-refractivity contribution in [2.75, 3.05) is 18.5 Å². The van der Waals surface area contributed by atoms with Crippen molar-refractivity contribution < 1.29 is 0 Å². The van der Waals surface area contributed by atoms with Gasteiger partial charge in [-0.15, -0.1) is 0 Å². The van der Waals surface area contributed by atoms with E-state index in [1.807, 2.05) is 32.7 Å². The van der Waals surface area contributed by atoms with E-state index in [-0.39, 0.29) is 16.3 Å². The molecule has 0 aliphatic heterocycles. The molecule has 0 aromatic heterocycles. The van der Waals surface area contributed by atoms with Crippen LogP contribution < -0.4 is 15.8 Å². The summed E-state index contributed by atoms with van der Waals surface area (Å²) in [7, 11) is 1.87. The maximum atomic E-state index is 11.5. The van der Waals surface area contributed by atoms with Gasteiger partial charge < -0.3 is 4.90 Å². The van der Waals surface area contributed by atoms with Crippen LogP contribution in [0.1, 0.15) is 39.7 Å². The molecule has 0 heterocycles. The lowest BCUT2D eigenvalue weighted by Gasteiger charge is -2.29. The van der Waals surface area contributed by atoms with Gasteiger partial charge in [-0.3, -0.25) is 9.59 Å². The maximum absolute atomic E-state index is 11.5. The molecule has 0 atom stereocenters.